The van der Waals surface area contributed by atoms with E-state index in [2.05, 4.69) is 0 Å². The molecule has 1 saturated heterocycles. The Balaban J connectivity index is 2.59. The Labute approximate surface area is 95.2 Å². The van der Waals surface area contributed by atoms with E-state index in [0.717, 1.165) is 6.42 Å². The Morgan fingerprint density at radius 1 is 1.50 bits per heavy atom. The molecule has 1 rings (SSSR count). The van der Waals surface area contributed by atoms with Gasteiger partial charge in [0.1, 0.15) is 0 Å². The minimum absolute atomic E-state index is 0.130. The number of carboxylic acids is 1. The molecule has 0 aromatic carbocycles. The van der Waals surface area contributed by atoms with Crippen molar-refractivity contribution in [3.63, 3.8) is 0 Å². The zero-order valence-electron chi connectivity index (χ0n) is 9.26. The molecule has 0 aliphatic carbocycles. The summed E-state index contributed by atoms with van der Waals surface area (Å²) in [5.74, 6) is -0.836. The largest absolute Gasteiger partial charge is 0.481 e. The first-order valence-electron chi connectivity index (χ1n) is 5.18. The topological polar surface area (TPSA) is 83.9 Å². The Morgan fingerprint density at radius 2 is 2.19 bits per heavy atom. The molecule has 1 aliphatic rings. The van der Waals surface area contributed by atoms with E-state index < -0.39 is 22.1 Å². The van der Waals surface area contributed by atoms with Gasteiger partial charge >= 0.3 is 5.97 Å². The van der Waals surface area contributed by atoms with Gasteiger partial charge in [0, 0.05) is 20.2 Å². The number of sulfonamides is 1. The lowest BCUT2D eigenvalue weighted by Gasteiger charge is -2.28. The number of methoxy groups -OCH3 is 1. The zero-order valence-corrected chi connectivity index (χ0v) is 10.1. The van der Waals surface area contributed by atoms with Gasteiger partial charge in [0.15, 0.2) is 0 Å². The van der Waals surface area contributed by atoms with Gasteiger partial charge in [-0.25, -0.2) is 8.42 Å². The van der Waals surface area contributed by atoms with Crippen LogP contribution in [0.15, 0.2) is 0 Å². The monoisotopic (exact) mass is 251 g/mol. The molecule has 1 unspecified atom stereocenters. The van der Waals surface area contributed by atoms with Crippen molar-refractivity contribution in [3.8, 4) is 0 Å². The average molecular weight is 251 g/mol. The molecule has 0 bridgehead atoms. The van der Waals surface area contributed by atoms with Crippen molar-refractivity contribution < 1.29 is 23.1 Å². The molecule has 0 saturated carbocycles. The maximum Gasteiger partial charge on any atom is 0.306 e. The molecule has 0 radical (unpaired) electrons. The normalized spacial score (nSPS) is 22.8. The molecule has 1 heterocycles. The number of carboxylic acid groups (broad SMARTS) is 1. The highest BCUT2D eigenvalue weighted by molar-refractivity contribution is 7.89. The van der Waals surface area contributed by atoms with Crippen LogP contribution in [0.4, 0.5) is 0 Å². The molecule has 0 aromatic rings. The minimum atomic E-state index is -3.20. The van der Waals surface area contributed by atoms with Crippen molar-refractivity contribution >= 4 is 16.0 Å². The summed E-state index contributed by atoms with van der Waals surface area (Å²) in [6.45, 7) is 0.590. The average Bonchev–Trinajstić information content (AvgIpc) is 2.19. The number of rotatable bonds is 5. The van der Waals surface area contributed by atoms with E-state index in [0.29, 0.717) is 13.0 Å². The van der Waals surface area contributed by atoms with Crippen molar-refractivity contribution in [2.75, 3.05) is 26.0 Å². The van der Waals surface area contributed by atoms with Crippen LogP contribution < -0.4 is 0 Å². The third kappa shape index (κ3) is 3.73. The van der Waals surface area contributed by atoms with Crippen molar-refractivity contribution in [2.45, 2.75) is 25.4 Å². The van der Waals surface area contributed by atoms with Gasteiger partial charge in [0.05, 0.1) is 18.3 Å². The lowest BCUT2D eigenvalue weighted by atomic mass is 10.2. The highest BCUT2D eigenvalue weighted by Crippen LogP contribution is 2.15. The number of hydrogen-bond acceptors (Lipinski definition) is 4. The number of nitrogens with zero attached hydrogens (tertiary/aromatic N) is 1. The van der Waals surface area contributed by atoms with E-state index in [1.807, 2.05) is 0 Å². The summed E-state index contributed by atoms with van der Waals surface area (Å²) in [5.41, 5.74) is 0. The summed E-state index contributed by atoms with van der Waals surface area (Å²) in [5, 5.41) is 8.63. The smallest absolute Gasteiger partial charge is 0.306 e. The molecule has 0 amide bonds. The summed E-state index contributed by atoms with van der Waals surface area (Å²) in [7, 11) is -1.81. The summed E-state index contributed by atoms with van der Waals surface area (Å²) >= 11 is 0. The van der Waals surface area contributed by atoms with Crippen molar-refractivity contribution in [3.05, 3.63) is 0 Å². The van der Waals surface area contributed by atoms with Gasteiger partial charge in [-0.05, 0) is 12.8 Å². The Morgan fingerprint density at radius 3 is 2.69 bits per heavy atom. The van der Waals surface area contributed by atoms with Gasteiger partial charge in [0.2, 0.25) is 10.0 Å². The highest BCUT2D eigenvalue weighted by atomic mass is 32.2. The standard InChI is InChI=1S/C9H17NO5S/c1-15-8(6-9(11)12)7-10-4-2-3-5-16(10,13)14/h8H,2-7H2,1H3,(H,11,12). The molecule has 94 valence electrons. The van der Waals surface area contributed by atoms with Gasteiger partial charge in [-0.1, -0.05) is 0 Å². The second-order valence-electron chi connectivity index (χ2n) is 3.84. The minimum Gasteiger partial charge on any atom is -0.481 e. The van der Waals surface area contributed by atoms with Gasteiger partial charge in [-0.15, -0.1) is 0 Å². The van der Waals surface area contributed by atoms with E-state index in [1.54, 1.807) is 0 Å². The van der Waals surface area contributed by atoms with Crippen LogP contribution in [0.5, 0.6) is 0 Å². The third-order valence-corrected chi connectivity index (χ3v) is 4.52. The van der Waals surface area contributed by atoms with Crippen LogP contribution >= 0.6 is 0 Å². The van der Waals surface area contributed by atoms with Gasteiger partial charge in [-0.2, -0.15) is 4.31 Å². The molecular weight excluding hydrogens is 234 g/mol. The molecule has 0 spiro atoms. The van der Waals surface area contributed by atoms with E-state index >= 15 is 0 Å². The fraction of sp³-hybridized carbons (Fsp3) is 0.889. The first-order valence-corrected chi connectivity index (χ1v) is 6.79. The number of hydrogen-bond donors (Lipinski definition) is 1. The lowest BCUT2D eigenvalue weighted by molar-refractivity contribution is -0.139. The molecule has 0 aromatic heterocycles. The van der Waals surface area contributed by atoms with Gasteiger partial charge in [0.25, 0.3) is 0 Å². The first kappa shape index (κ1) is 13.4. The summed E-state index contributed by atoms with van der Waals surface area (Å²) < 4.78 is 29.6. The highest BCUT2D eigenvalue weighted by Gasteiger charge is 2.28. The fourth-order valence-electron chi connectivity index (χ4n) is 1.69. The summed E-state index contributed by atoms with van der Waals surface area (Å²) in [4.78, 5) is 10.5. The van der Waals surface area contributed by atoms with E-state index in [1.165, 1.54) is 11.4 Å². The van der Waals surface area contributed by atoms with E-state index in [9.17, 15) is 13.2 Å². The molecule has 7 heteroatoms. The third-order valence-electron chi connectivity index (χ3n) is 2.60. The van der Waals surface area contributed by atoms with Crippen LogP contribution in [-0.4, -0.2) is 55.9 Å². The molecule has 16 heavy (non-hydrogen) atoms. The summed E-state index contributed by atoms with van der Waals surface area (Å²) in [6, 6.07) is 0. The first-order chi connectivity index (χ1) is 7.45. The fourth-order valence-corrected chi connectivity index (χ4v) is 3.32. The van der Waals surface area contributed by atoms with Gasteiger partial charge in [-0.3, -0.25) is 4.79 Å². The van der Waals surface area contributed by atoms with Crippen LogP contribution in [0, 0.1) is 0 Å². The molecular formula is C9H17NO5S. The van der Waals surface area contributed by atoms with Crippen LogP contribution in [-0.2, 0) is 19.6 Å². The maximum atomic E-state index is 11.6. The number of aliphatic carboxylic acids is 1. The SMILES string of the molecule is COC(CC(=O)O)CN1CCCCS1(=O)=O. The Kier molecular flexibility index (Phi) is 4.69. The van der Waals surface area contributed by atoms with Crippen LogP contribution in [0.2, 0.25) is 0 Å². The Hall–Kier alpha value is -0.660. The van der Waals surface area contributed by atoms with Crippen molar-refractivity contribution in [1.29, 1.82) is 0 Å². The van der Waals surface area contributed by atoms with Gasteiger partial charge < -0.3 is 9.84 Å². The van der Waals surface area contributed by atoms with Crippen molar-refractivity contribution in [1.82, 2.24) is 4.31 Å². The molecule has 1 atom stereocenters. The van der Waals surface area contributed by atoms with E-state index in [-0.39, 0.29) is 18.7 Å². The van der Waals surface area contributed by atoms with Crippen LogP contribution in [0.1, 0.15) is 19.3 Å². The maximum absolute atomic E-state index is 11.6. The molecule has 6 nitrogen and oxygen atoms in total. The van der Waals surface area contributed by atoms with Crippen molar-refractivity contribution in [2.24, 2.45) is 0 Å². The second-order valence-corrected chi connectivity index (χ2v) is 5.93. The lowest BCUT2D eigenvalue weighted by Crippen LogP contribution is -2.43. The quantitative estimate of drug-likeness (QED) is 0.737. The second kappa shape index (κ2) is 5.60. The zero-order chi connectivity index (χ0) is 12.2. The number of ether oxygens (including phenoxy) is 1. The summed E-state index contributed by atoms with van der Waals surface area (Å²) in [6.07, 6.45) is 0.742. The van der Waals surface area contributed by atoms with Crippen LogP contribution in [0.25, 0.3) is 0 Å². The predicted molar refractivity (Wildman–Crippen MR) is 57.6 cm³/mol. The predicted octanol–water partition coefficient (Wildman–Crippen LogP) is -0.0983. The number of carbonyl (C=O) groups is 1. The molecule has 1 N–H and O–H groups in total. The Bertz CT molecular complexity index is 340. The van der Waals surface area contributed by atoms with Crippen LogP contribution in [0.3, 0.4) is 0 Å². The molecule has 1 fully saturated rings. The van der Waals surface area contributed by atoms with E-state index in [4.69, 9.17) is 9.84 Å². The molecule has 1 aliphatic heterocycles.